The van der Waals surface area contributed by atoms with E-state index in [1.807, 2.05) is 41.8 Å². The zero-order chi connectivity index (χ0) is 14.7. The second kappa shape index (κ2) is 6.46. The number of hydrogen-bond acceptors (Lipinski definition) is 2. The first-order valence-corrected chi connectivity index (χ1v) is 8.13. The number of rotatable bonds is 5. The van der Waals surface area contributed by atoms with Crippen molar-refractivity contribution < 1.29 is 9.13 Å². The lowest BCUT2D eigenvalue weighted by Gasteiger charge is -2.19. The van der Waals surface area contributed by atoms with Gasteiger partial charge in [0.1, 0.15) is 17.7 Å². The molecule has 0 spiro atoms. The van der Waals surface area contributed by atoms with Gasteiger partial charge in [-0.05, 0) is 28.5 Å². The molecule has 0 saturated carbocycles. The molecule has 1 aromatic heterocycles. The van der Waals surface area contributed by atoms with Crippen molar-refractivity contribution in [2.24, 2.45) is 0 Å². The summed E-state index contributed by atoms with van der Waals surface area (Å²) in [5, 5.41) is 2.81. The highest BCUT2D eigenvalue weighted by Crippen LogP contribution is 2.35. The lowest BCUT2D eigenvalue weighted by molar-refractivity contribution is 0.204. The molecule has 0 aliphatic heterocycles. The number of fused-ring (bicyclic) bond motifs is 1. The summed E-state index contributed by atoms with van der Waals surface area (Å²) >= 11 is 7.44. The van der Waals surface area contributed by atoms with Crippen LogP contribution in [0.4, 0.5) is 4.39 Å². The quantitative estimate of drug-likeness (QED) is 0.541. The van der Waals surface area contributed by atoms with Gasteiger partial charge < -0.3 is 4.74 Å². The SMILES string of the molecule is Fc1cc(O[C@@H](CCCl)c2ccccc2)c2sccc2c1. The van der Waals surface area contributed by atoms with Gasteiger partial charge >= 0.3 is 0 Å². The zero-order valence-corrected chi connectivity index (χ0v) is 12.8. The van der Waals surface area contributed by atoms with E-state index in [-0.39, 0.29) is 11.9 Å². The summed E-state index contributed by atoms with van der Waals surface area (Å²) in [5.74, 6) is 0.787. The van der Waals surface area contributed by atoms with Crippen molar-refractivity contribution >= 4 is 33.0 Å². The smallest absolute Gasteiger partial charge is 0.140 e. The van der Waals surface area contributed by atoms with E-state index in [1.54, 1.807) is 11.3 Å². The van der Waals surface area contributed by atoms with Crippen LogP contribution in [0.15, 0.2) is 53.9 Å². The Labute approximate surface area is 131 Å². The third-order valence-corrected chi connectivity index (χ3v) is 4.46. The van der Waals surface area contributed by atoms with Crippen molar-refractivity contribution in [3.63, 3.8) is 0 Å². The van der Waals surface area contributed by atoms with Gasteiger partial charge in [0.25, 0.3) is 0 Å². The second-order valence-corrected chi connectivity index (χ2v) is 6.03. The molecule has 0 fully saturated rings. The fourth-order valence-electron chi connectivity index (χ4n) is 2.32. The summed E-state index contributed by atoms with van der Waals surface area (Å²) in [5.41, 5.74) is 1.05. The standard InChI is InChI=1S/C17H14ClFOS/c18-8-6-15(12-4-2-1-3-5-12)20-16-11-14(19)10-13-7-9-21-17(13)16/h1-5,7,9-11,15H,6,8H2/t15-/m0/s1. The average Bonchev–Trinajstić information content (AvgIpc) is 2.96. The second-order valence-electron chi connectivity index (χ2n) is 4.74. The van der Waals surface area contributed by atoms with Gasteiger partial charge in [-0.15, -0.1) is 22.9 Å². The van der Waals surface area contributed by atoms with Crippen molar-refractivity contribution in [2.45, 2.75) is 12.5 Å². The van der Waals surface area contributed by atoms with Crippen LogP contribution in [0, 0.1) is 5.82 Å². The van der Waals surface area contributed by atoms with E-state index >= 15 is 0 Å². The zero-order valence-electron chi connectivity index (χ0n) is 11.3. The van der Waals surface area contributed by atoms with Gasteiger partial charge in [0.05, 0.1) is 4.70 Å². The van der Waals surface area contributed by atoms with Crippen molar-refractivity contribution in [1.82, 2.24) is 0 Å². The molecule has 0 unspecified atom stereocenters. The number of alkyl halides is 1. The van der Waals surface area contributed by atoms with Crippen molar-refractivity contribution in [3.8, 4) is 5.75 Å². The number of hydrogen-bond donors (Lipinski definition) is 0. The summed E-state index contributed by atoms with van der Waals surface area (Å²) < 4.78 is 20.8. The lowest BCUT2D eigenvalue weighted by atomic mass is 10.1. The van der Waals surface area contributed by atoms with E-state index in [4.69, 9.17) is 16.3 Å². The molecule has 21 heavy (non-hydrogen) atoms. The van der Waals surface area contributed by atoms with Gasteiger partial charge in [0.15, 0.2) is 0 Å². The monoisotopic (exact) mass is 320 g/mol. The van der Waals surface area contributed by atoms with Crippen molar-refractivity contribution in [3.05, 3.63) is 65.3 Å². The maximum Gasteiger partial charge on any atom is 0.140 e. The third kappa shape index (κ3) is 3.20. The highest BCUT2D eigenvalue weighted by molar-refractivity contribution is 7.17. The van der Waals surface area contributed by atoms with Crippen LogP contribution < -0.4 is 4.74 Å². The molecule has 108 valence electrons. The van der Waals surface area contributed by atoms with Crippen molar-refractivity contribution in [2.75, 3.05) is 5.88 Å². The van der Waals surface area contributed by atoms with E-state index in [0.717, 1.165) is 15.6 Å². The van der Waals surface area contributed by atoms with Gasteiger partial charge in [0.2, 0.25) is 0 Å². The number of benzene rings is 2. The molecule has 3 rings (SSSR count). The average molecular weight is 321 g/mol. The maximum atomic E-state index is 13.7. The van der Waals surface area contributed by atoms with Crippen LogP contribution in [0.2, 0.25) is 0 Å². The first-order chi connectivity index (χ1) is 10.3. The Morgan fingerprint density at radius 2 is 1.95 bits per heavy atom. The Bertz CT molecular complexity index is 726. The molecule has 0 aliphatic carbocycles. The van der Waals surface area contributed by atoms with Gasteiger partial charge in [-0.3, -0.25) is 0 Å². The normalized spacial score (nSPS) is 12.5. The van der Waals surface area contributed by atoms with Crippen LogP contribution in [0.3, 0.4) is 0 Å². The molecule has 1 heterocycles. The van der Waals surface area contributed by atoms with E-state index in [2.05, 4.69) is 0 Å². The first-order valence-electron chi connectivity index (χ1n) is 6.72. The Hall–Kier alpha value is -1.58. The van der Waals surface area contributed by atoms with Crippen LogP contribution in [0.5, 0.6) is 5.75 Å². The van der Waals surface area contributed by atoms with E-state index in [0.29, 0.717) is 18.1 Å². The molecule has 0 aliphatic rings. The molecular formula is C17H14ClFOS. The highest BCUT2D eigenvalue weighted by Gasteiger charge is 2.15. The molecule has 2 aromatic carbocycles. The van der Waals surface area contributed by atoms with Crippen LogP contribution in [0.1, 0.15) is 18.1 Å². The van der Waals surface area contributed by atoms with Gasteiger partial charge in [0, 0.05) is 18.4 Å². The van der Waals surface area contributed by atoms with Crippen molar-refractivity contribution in [1.29, 1.82) is 0 Å². The molecule has 0 bridgehead atoms. The fraction of sp³-hybridized carbons (Fsp3) is 0.176. The number of halogens is 2. The minimum Gasteiger partial charge on any atom is -0.484 e. The summed E-state index contributed by atoms with van der Waals surface area (Å²) in [7, 11) is 0. The van der Waals surface area contributed by atoms with Gasteiger partial charge in [-0.25, -0.2) is 4.39 Å². The summed E-state index contributed by atoms with van der Waals surface area (Å²) in [4.78, 5) is 0. The van der Waals surface area contributed by atoms with E-state index in [9.17, 15) is 4.39 Å². The molecule has 1 atom stereocenters. The Balaban J connectivity index is 1.96. The molecule has 3 aromatic rings. The third-order valence-electron chi connectivity index (χ3n) is 3.29. The predicted molar refractivity (Wildman–Crippen MR) is 86.9 cm³/mol. The minimum absolute atomic E-state index is 0.171. The molecule has 0 N–H and O–H groups in total. The first kappa shape index (κ1) is 14.4. The molecule has 0 amide bonds. The van der Waals surface area contributed by atoms with E-state index < -0.39 is 0 Å². The van der Waals surface area contributed by atoms with Crippen LogP contribution >= 0.6 is 22.9 Å². The topological polar surface area (TPSA) is 9.23 Å². The molecule has 4 heteroatoms. The number of thiophene rings is 1. The molecule has 1 nitrogen and oxygen atoms in total. The lowest BCUT2D eigenvalue weighted by Crippen LogP contribution is -2.08. The summed E-state index contributed by atoms with van der Waals surface area (Å²) in [6.07, 6.45) is 0.505. The van der Waals surface area contributed by atoms with Gasteiger partial charge in [-0.2, -0.15) is 0 Å². The summed E-state index contributed by atoms with van der Waals surface area (Å²) in [6.45, 7) is 0. The minimum atomic E-state index is -0.284. The number of ether oxygens (including phenoxy) is 1. The highest BCUT2D eigenvalue weighted by atomic mass is 35.5. The van der Waals surface area contributed by atoms with Gasteiger partial charge in [-0.1, -0.05) is 30.3 Å². The Morgan fingerprint density at radius 1 is 1.14 bits per heavy atom. The molecule has 0 radical (unpaired) electrons. The predicted octanol–water partition coefficient (Wildman–Crippen LogP) is 5.79. The van der Waals surface area contributed by atoms with Crippen LogP contribution in [-0.2, 0) is 0 Å². The summed E-state index contributed by atoms with van der Waals surface area (Å²) in [6, 6.07) is 14.8. The van der Waals surface area contributed by atoms with E-state index in [1.165, 1.54) is 12.1 Å². The largest absolute Gasteiger partial charge is 0.484 e. The van der Waals surface area contributed by atoms with Crippen LogP contribution in [0.25, 0.3) is 10.1 Å². The van der Waals surface area contributed by atoms with Crippen LogP contribution in [-0.4, -0.2) is 5.88 Å². The maximum absolute atomic E-state index is 13.7. The molecular weight excluding hydrogens is 307 g/mol. The Morgan fingerprint density at radius 3 is 2.71 bits per heavy atom. The Kier molecular flexibility index (Phi) is 4.42. The molecule has 0 saturated heterocycles. The fourth-order valence-corrected chi connectivity index (χ4v) is 3.35.